The van der Waals surface area contributed by atoms with Crippen LogP contribution in [0.25, 0.3) is 0 Å². The van der Waals surface area contributed by atoms with E-state index in [0.29, 0.717) is 82.8 Å². The van der Waals surface area contributed by atoms with E-state index in [1.54, 1.807) is 14.2 Å². The molecule has 6 nitrogen and oxygen atoms in total. The zero-order chi connectivity index (χ0) is 36.4. The second-order valence-electron chi connectivity index (χ2n) is 18.0. The van der Waals surface area contributed by atoms with E-state index in [0.717, 1.165) is 41.4 Å². The highest BCUT2D eigenvalue weighted by Gasteiger charge is 2.40. The molecule has 52 heavy (non-hydrogen) atoms. The SMILES string of the molecule is COCCOCCOC1CCCC(/C=C/C2CC(C3CCC(C4CCC(C)CC4)CC3)C(/C=C/C3CCCC(OCCOCCOC)C3)CC2C)C1. The molecular weight excluding hydrogens is 649 g/mol. The van der Waals surface area contributed by atoms with Crippen molar-refractivity contribution in [3.63, 3.8) is 0 Å². The molecule has 5 rings (SSSR count). The fraction of sp³-hybridized carbons (Fsp3) is 0.913. The summed E-state index contributed by atoms with van der Waals surface area (Å²) in [5, 5.41) is 0. The van der Waals surface area contributed by atoms with Crippen LogP contribution in [0.15, 0.2) is 24.3 Å². The molecule has 5 saturated carbocycles. The van der Waals surface area contributed by atoms with Gasteiger partial charge in [0.05, 0.1) is 65.1 Å². The average Bonchev–Trinajstić information content (AvgIpc) is 3.17. The van der Waals surface area contributed by atoms with Gasteiger partial charge in [-0.3, -0.25) is 0 Å². The molecule has 6 heteroatoms. The molecule has 0 saturated heterocycles. The Morgan fingerprint density at radius 3 is 1.46 bits per heavy atom. The predicted molar refractivity (Wildman–Crippen MR) is 213 cm³/mol. The summed E-state index contributed by atoms with van der Waals surface area (Å²) in [5.74, 6) is 8.19. The minimum atomic E-state index is 0.377. The normalized spacial score (nSPS) is 37.9. The topological polar surface area (TPSA) is 55.4 Å². The van der Waals surface area contributed by atoms with Gasteiger partial charge in [-0.05, 0) is 149 Å². The van der Waals surface area contributed by atoms with Crippen molar-refractivity contribution >= 4 is 0 Å². The minimum Gasteiger partial charge on any atom is -0.382 e. The molecule has 0 aliphatic heterocycles. The molecule has 8 unspecified atom stereocenters. The third-order valence-corrected chi connectivity index (χ3v) is 14.2. The summed E-state index contributed by atoms with van der Waals surface area (Å²) in [6.07, 6.45) is 36.0. The van der Waals surface area contributed by atoms with Gasteiger partial charge in [0.2, 0.25) is 0 Å². The Morgan fingerprint density at radius 1 is 0.442 bits per heavy atom. The summed E-state index contributed by atoms with van der Waals surface area (Å²) in [5.41, 5.74) is 0. The summed E-state index contributed by atoms with van der Waals surface area (Å²) in [4.78, 5) is 0. The van der Waals surface area contributed by atoms with Gasteiger partial charge in [0, 0.05) is 14.2 Å². The monoisotopic (exact) mass is 729 g/mol. The number of allylic oxidation sites excluding steroid dienone is 4. The van der Waals surface area contributed by atoms with Gasteiger partial charge in [-0.2, -0.15) is 0 Å². The fourth-order valence-corrected chi connectivity index (χ4v) is 11.0. The van der Waals surface area contributed by atoms with E-state index in [2.05, 4.69) is 38.2 Å². The number of methoxy groups -OCH3 is 2. The van der Waals surface area contributed by atoms with E-state index in [4.69, 9.17) is 28.4 Å². The van der Waals surface area contributed by atoms with Crippen LogP contribution in [0, 0.1) is 59.2 Å². The summed E-state index contributed by atoms with van der Waals surface area (Å²) in [6.45, 7) is 10.4. The first-order valence-corrected chi connectivity index (χ1v) is 22.3. The predicted octanol–water partition coefficient (Wildman–Crippen LogP) is 10.5. The van der Waals surface area contributed by atoms with Crippen LogP contribution in [0.2, 0.25) is 0 Å². The summed E-state index contributed by atoms with van der Waals surface area (Å²) in [6, 6.07) is 0. The quantitative estimate of drug-likeness (QED) is 0.0919. The van der Waals surface area contributed by atoms with Crippen molar-refractivity contribution < 1.29 is 28.4 Å². The van der Waals surface area contributed by atoms with Gasteiger partial charge in [-0.1, -0.05) is 63.8 Å². The molecule has 0 amide bonds. The van der Waals surface area contributed by atoms with Gasteiger partial charge in [-0.25, -0.2) is 0 Å². The summed E-state index contributed by atoms with van der Waals surface area (Å²) >= 11 is 0. The largest absolute Gasteiger partial charge is 0.382 e. The second kappa shape index (κ2) is 24.0. The highest BCUT2D eigenvalue weighted by molar-refractivity contribution is 5.06. The zero-order valence-corrected chi connectivity index (χ0v) is 34.1. The molecule has 0 aromatic heterocycles. The molecule has 5 aliphatic carbocycles. The Morgan fingerprint density at radius 2 is 0.923 bits per heavy atom. The van der Waals surface area contributed by atoms with Crippen LogP contribution >= 0.6 is 0 Å². The first kappa shape index (κ1) is 42.4. The number of hydrogen-bond acceptors (Lipinski definition) is 6. The lowest BCUT2D eigenvalue weighted by Gasteiger charge is -2.45. The van der Waals surface area contributed by atoms with Crippen molar-refractivity contribution in [3.8, 4) is 0 Å². The van der Waals surface area contributed by atoms with Crippen molar-refractivity contribution in [2.75, 3.05) is 67.1 Å². The third-order valence-electron chi connectivity index (χ3n) is 14.2. The van der Waals surface area contributed by atoms with Crippen LogP contribution in [0.4, 0.5) is 0 Å². The van der Waals surface area contributed by atoms with E-state index < -0.39 is 0 Å². The molecule has 0 aromatic rings. The number of ether oxygens (including phenoxy) is 6. The molecule has 0 bridgehead atoms. The Bertz CT molecular complexity index is 983. The lowest BCUT2D eigenvalue weighted by atomic mass is 9.60. The molecule has 5 aliphatic rings. The fourth-order valence-electron chi connectivity index (χ4n) is 11.0. The van der Waals surface area contributed by atoms with Crippen molar-refractivity contribution in [2.24, 2.45) is 59.2 Å². The van der Waals surface area contributed by atoms with Crippen LogP contribution in [0.1, 0.15) is 129 Å². The number of hydrogen-bond donors (Lipinski definition) is 0. The van der Waals surface area contributed by atoms with Crippen LogP contribution < -0.4 is 0 Å². The van der Waals surface area contributed by atoms with Crippen molar-refractivity contribution in [2.45, 2.75) is 142 Å². The van der Waals surface area contributed by atoms with E-state index in [9.17, 15) is 0 Å². The van der Waals surface area contributed by atoms with Gasteiger partial charge >= 0.3 is 0 Å². The van der Waals surface area contributed by atoms with E-state index in [1.807, 2.05) is 0 Å². The number of rotatable bonds is 20. The first-order valence-electron chi connectivity index (χ1n) is 22.3. The highest BCUT2D eigenvalue weighted by Crippen LogP contribution is 2.50. The van der Waals surface area contributed by atoms with Crippen LogP contribution in [-0.2, 0) is 28.4 Å². The van der Waals surface area contributed by atoms with Crippen LogP contribution in [0.5, 0.6) is 0 Å². The first-order chi connectivity index (χ1) is 25.5. The molecule has 0 aromatic carbocycles. The van der Waals surface area contributed by atoms with Gasteiger partial charge in [-0.15, -0.1) is 0 Å². The molecule has 0 heterocycles. The van der Waals surface area contributed by atoms with Crippen molar-refractivity contribution in [1.29, 1.82) is 0 Å². The maximum atomic E-state index is 6.29. The molecular formula is C46H80O6. The van der Waals surface area contributed by atoms with E-state index in [-0.39, 0.29) is 0 Å². The van der Waals surface area contributed by atoms with Crippen LogP contribution in [0.3, 0.4) is 0 Å². The van der Waals surface area contributed by atoms with Crippen LogP contribution in [-0.4, -0.2) is 79.3 Å². The molecule has 0 radical (unpaired) electrons. The van der Waals surface area contributed by atoms with E-state index in [1.165, 1.54) is 116 Å². The van der Waals surface area contributed by atoms with Crippen molar-refractivity contribution in [3.05, 3.63) is 24.3 Å². The Hall–Kier alpha value is -0.760. The van der Waals surface area contributed by atoms with Gasteiger partial charge in [0.15, 0.2) is 0 Å². The van der Waals surface area contributed by atoms with Gasteiger partial charge in [0.1, 0.15) is 0 Å². The Kier molecular flexibility index (Phi) is 19.6. The molecule has 0 N–H and O–H groups in total. The maximum absolute atomic E-state index is 6.29. The molecule has 300 valence electrons. The van der Waals surface area contributed by atoms with Gasteiger partial charge in [0.25, 0.3) is 0 Å². The Balaban J connectivity index is 1.15. The minimum absolute atomic E-state index is 0.377. The molecule has 5 fully saturated rings. The smallest absolute Gasteiger partial charge is 0.0704 e. The maximum Gasteiger partial charge on any atom is 0.0704 e. The average molecular weight is 729 g/mol. The Labute approximate surface area is 319 Å². The van der Waals surface area contributed by atoms with E-state index >= 15 is 0 Å². The highest BCUT2D eigenvalue weighted by atomic mass is 16.5. The lowest BCUT2D eigenvalue weighted by molar-refractivity contribution is -0.0233. The third kappa shape index (κ3) is 14.4. The molecule has 8 atom stereocenters. The summed E-state index contributed by atoms with van der Waals surface area (Å²) in [7, 11) is 3.44. The van der Waals surface area contributed by atoms with Gasteiger partial charge < -0.3 is 28.4 Å². The zero-order valence-electron chi connectivity index (χ0n) is 34.1. The lowest BCUT2D eigenvalue weighted by Crippen LogP contribution is -2.36. The standard InChI is InChI=1S/C46H80O6/c1-35-11-15-39(16-12-35)40-19-21-41(22-20-40)46-34-42(17-13-37-7-5-9-44(32-37)51-29-27-49-25-23-47-3)36(2)31-43(46)18-14-38-8-6-10-45(33-38)52-30-28-50-26-24-48-4/h13-14,17-18,35-46H,5-12,15-16,19-34H2,1-4H3/b17-13+,18-14+. The second-order valence-corrected chi connectivity index (χ2v) is 18.0. The summed E-state index contributed by atoms with van der Waals surface area (Å²) < 4.78 is 34.0. The van der Waals surface area contributed by atoms with Crippen molar-refractivity contribution in [1.82, 2.24) is 0 Å². The molecule has 0 spiro atoms.